The lowest BCUT2D eigenvalue weighted by molar-refractivity contribution is 0.175. The van der Waals surface area contributed by atoms with Crippen molar-refractivity contribution < 1.29 is 18.3 Å². The SMILES string of the molecule is OC(Cc1c(F)ccc(Br)c1F)c1ccc(Cl)c(F)c1. The molecule has 0 fully saturated rings. The molecule has 1 unspecified atom stereocenters. The molecule has 0 radical (unpaired) electrons. The summed E-state index contributed by atoms with van der Waals surface area (Å²) in [6, 6.07) is 6.06. The molecule has 2 aromatic rings. The van der Waals surface area contributed by atoms with E-state index in [1.54, 1.807) is 0 Å². The molecule has 2 aromatic carbocycles. The summed E-state index contributed by atoms with van der Waals surface area (Å²) in [6.45, 7) is 0. The Morgan fingerprint density at radius 1 is 1.10 bits per heavy atom. The van der Waals surface area contributed by atoms with E-state index in [1.165, 1.54) is 18.2 Å². The zero-order chi connectivity index (χ0) is 14.9. The Hall–Kier alpha value is -1.04. The molecule has 2 rings (SSSR count). The number of rotatable bonds is 3. The molecule has 6 heteroatoms. The van der Waals surface area contributed by atoms with Crippen molar-refractivity contribution in [1.29, 1.82) is 0 Å². The van der Waals surface area contributed by atoms with Crippen molar-refractivity contribution in [2.24, 2.45) is 0 Å². The Labute approximate surface area is 127 Å². The minimum atomic E-state index is -1.24. The lowest BCUT2D eigenvalue weighted by Crippen LogP contribution is -2.06. The maximum Gasteiger partial charge on any atom is 0.143 e. The van der Waals surface area contributed by atoms with Gasteiger partial charge in [0.2, 0.25) is 0 Å². The lowest BCUT2D eigenvalue weighted by Gasteiger charge is -2.13. The van der Waals surface area contributed by atoms with Crippen LogP contribution in [0.1, 0.15) is 17.2 Å². The maximum absolute atomic E-state index is 13.8. The van der Waals surface area contributed by atoms with E-state index < -0.39 is 23.6 Å². The fourth-order valence-corrected chi connectivity index (χ4v) is 2.28. The summed E-state index contributed by atoms with van der Waals surface area (Å²) in [5.74, 6) is -2.24. The van der Waals surface area contributed by atoms with Crippen LogP contribution in [0.4, 0.5) is 13.2 Å². The van der Waals surface area contributed by atoms with Crippen LogP contribution in [0.15, 0.2) is 34.8 Å². The first-order valence-electron chi connectivity index (χ1n) is 5.65. The minimum Gasteiger partial charge on any atom is -0.388 e. The largest absolute Gasteiger partial charge is 0.388 e. The van der Waals surface area contributed by atoms with Crippen molar-refractivity contribution in [2.75, 3.05) is 0 Å². The van der Waals surface area contributed by atoms with Gasteiger partial charge in [-0.25, -0.2) is 13.2 Å². The van der Waals surface area contributed by atoms with Gasteiger partial charge in [0.25, 0.3) is 0 Å². The van der Waals surface area contributed by atoms with Crippen LogP contribution >= 0.6 is 27.5 Å². The fraction of sp³-hybridized carbons (Fsp3) is 0.143. The van der Waals surface area contributed by atoms with Crippen molar-refractivity contribution >= 4 is 27.5 Å². The molecule has 1 atom stereocenters. The van der Waals surface area contributed by atoms with E-state index in [2.05, 4.69) is 15.9 Å². The predicted molar refractivity (Wildman–Crippen MR) is 74.1 cm³/mol. The summed E-state index contributed by atoms with van der Waals surface area (Å²) in [6.07, 6.45) is -1.54. The van der Waals surface area contributed by atoms with E-state index in [1.807, 2.05) is 0 Å². The topological polar surface area (TPSA) is 20.2 Å². The van der Waals surface area contributed by atoms with Crippen molar-refractivity contribution in [1.82, 2.24) is 0 Å². The van der Waals surface area contributed by atoms with Gasteiger partial charge in [0.15, 0.2) is 0 Å². The fourth-order valence-electron chi connectivity index (χ4n) is 1.79. The van der Waals surface area contributed by atoms with Crippen LogP contribution in [-0.4, -0.2) is 5.11 Å². The van der Waals surface area contributed by atoms with Crippen LogP contribution < -0.4 is 0 Å². The molecule has 0 saturated heterocycles. The number of halogens is 5. The van der Waals surface area contributed by atoms with E-state index in [0.717, 1.165) is 12.1 Å². The average molecular weight is 366 g/mol. The van der Waals surface area contributed by atoms with Gasteiger partial charge in [-0.05, 0) is 45.8 Å². The molecule has 1 N–H and O–H groups in total. The second kappa shape index (κ2) is 6.16. The quantitative estimate of drug-likeness (QED) is 0.775. The molecule has 0 bridgehead atoms. The van der Waals surface area contributed by atoms with Gasteiger partial charge in [-0.2, -0.15) is 0 Å². The smallest absolute Gasteiger partial charge is 0.143 e. The predicted octanol–water partition coefficient (Wildman–Crippen LogP) is 4.80. The van der Waals surface area contributed by atoms with Gasteiger partial charge in [0, 0.05) is 12.0 Å². The van der Waals surface area contributed by atoms with E-state index in [9.17, 15) is 18.3 Å². The molecule has 0 saturated carbocycles. The van der Waals surface area contributed by atoms with Gasteiger partial charge in [-0.1, -0.05) is 17.7 Å². The number of hydrogen-bond donors (Lipinski definition) is 1. The van der Waals surface area contributed by atoms with E-state index >= 15 is 0 Å². The molecule has 1 nitrogen and oxygen atoms in total. The summed E-state index contributed by atoms with van der Waals surface area (Å²) >= 11 is 8.48. The van der Waals surface area contributed by atoms with Crippen LogP contribution in [0.3, 0.4) is 0 Å². The highest BCUT2D eigenvalue weighted by molar-refractivity contribution is 9.10. The zero-order valence-electron chi connectivity index (χ0n) is 10.0. The molecule has 0 amide bonds. The molecule has 106 valence electrons. The Morgan fingerprint density at radius 3 is 2.45 bits per heavy atom. The monoisotopic (exact) mass is 364 g/mol. The summed E-state index contributed by atoms with van der Waals surface area (Å²) < 4.78 is 40.8. The third-order valence-electron chi connectivity index (χ3n) is 2.86. The standard InChI is InChI=1S/C14H9BrClF3O/c15-9-2-4-11(17)8(14(9)19)6-13(20)7-1-3-10(16)12(18)5-7/h1-5,13,20H,6H2. The van der Waals surface area contributed by atoms with Gasteiger partial charge in [-0.3, -0.25) is 0 Å². The van der Waals surface area contributed by atoms with E-state index in [-0.39, 0.29) is 27.0 Å². The second-order valence-electron chi connectivity index (χ2n) is 4.22. The number of aliphatic hydroxyl groups excluding tert-OH is 1. The first-order chi connectivity index (χ1) is 9.40. The van der Waals surface area contributed by atoms with Crippen LogP contribution in [0.2, 0.25) is 5.02 Å². The maximum atomic E-state index is 13.8. The molecule has 0 aliphatic rings. The second-order valence-corrected chi connectivity index (χ2v) is 5.48. The average Bonchev–Trinajstić information content (AvgIpc) is 2.42. The van der Waals surface area contributed by atoms with Crippen molar-refractivity contribution in [3.8, 4) is 0 Å². The molecule has 0 aliphatic carbocycles. The van der Waals surface area contributed by atoms with Gasteiger partial charge in [-0.15, -0.1) is 0 Å². The Morgan fingerprint density at radius 2 is 1.80 bits per heavy atom. The Kier molecular flexibility index (Phi) is 4.73. The normalized spacial score (nSPS) is 12.5. The van der Waals surface area contributed by atoms with Crippen molar-refractivity contribution in [2.45, 2.75) is 12.5 Å². The highest BCUT2D eigenvalue weighted by Gasteiger charge is 2.18. The highest BCUT2D eigenvalue weighted by Crippen LogP contribution is 2.27. The summed E-state index contributed by atoms with van der Waals surface area (Å²) in [5, 5.41) is 9.89. The highest BCUT2D eigenvalue weighted by atomic mass is 79.9. The first kappa shape index (κ1) is 15.4. The third-order valence-corrected chi connectivity index (χ3v) is 3.78. The number of benzene rings is 2. The number of aliphatic hydroxyl groups is 1. The van der Waals surface area contributed by atoms with Crippen LogP contribution in [0, 0.1) is 17.5 Å². The summed E-state index contributed by atoms with van der Waals surface area (Å²) in [5.41, 5.74) is -0.0621. The van der Waals surface area contributed by atoms with Gasteiger partial charge in [0.1, 0.15) is 17.5 Å². The zero-order valence-corrected chi connectivity index (χ0v) is 12.4. The van der Waals surface area contributed by atoms with Gasteiger partial charge < -0.3 is 5.11 Å². The van der Waals surface area contributed by atoms with Crippen molar-refractivity contribution in [3.05, 3.63) is 68.4 Å². The third kappa shape index (κ3) is 3.16. The van der Waals surface area contributed by atoms with Gasteiger partial charge >= 0.3 is 0 Å². The summed E-state index contributed by atoms with van der Waals surface area (Å²) in [7, 11) is 0. The van der Waals surface area contributed by atoms with Gasteiger partial charge in [0.05, 0.1) is 15.6 Å². The van der Waals surface area contributed by atoms with E-state index in [0.29, 0.717) is 0 Å². The molecular formula is C14H9BrClF3O. The Bertz CT molecular complexity index is 649. The van der Waals surface area contributed by atoms with Crippen LogP contribution in [0.5, 0.6) is 0 Å². The minimum absolute atomic E-state index is 0.0826. The van der Waals surface area contributed by atoms with E-state index in [4.69, 9.17) is 11.6 Å². The first-order valence-corrected chi connectivity index (χ1v) is 6.82. The number of hydrogen-bond acceptors (Lipinski definition) is 1. The lowest BCUT2D eigenvalue weighted by atomic mass is 10.0. The molecular weight excluding hydrogens is 357 g/mol. The molecule has 0 aliphatic heterocycles. The molecule has 20 heavy (non-hydrogen) atoms. The molecule has 0 spiro atoms. The van der Waals surface area contributed by atoms with Crippen molar-refractivity contribution in [3.63, 3.8) is 0 Å². The Balaban J connectivity index is 2.30. The molecule has 0 aromatic heterocycles. The molecule has 0 heterocycles. The summed E-state index contributed by atoms with van der Waals surface area (Å²) in [4.78, 5) is 0. The van der Waals surface area contributed by atoms with Crippen LogP contribution in [-0.2, 0) is 6.42 Å². The van der Waals surface area contributed by atoms with Crippen LogP contribution in [0.25, 0.3) is 0 Å².